The predicted molar refractivity (Wildman–Crippen MR) is 112 cm³/mol. The summed E-state index contributed by atoms with van der Waals surface area (Å²) in [6, 6.07) is 23.5. The maximum Gasteiger partial charge on any atom is 0.414 e. The molecule has 0 atom stereocenters. The number of ether oxygens (including phenoxy) is 3. The fourth-order valence-corrected chi connectivity index (χ4v) is 3.75. The van der Waals surface area contributed by atoms with Crippen LogP contribution in [0.3, 0.4) is 0 Å². The number of hydrogen-bond acceptors (Lipinski definition) is 4. The van der Waals surface area contributed by atoms with Crippen molar-refractivity contribution in [1.29, 1.82) is 0 Å². The number of carbonyl (C=O) groups excluding carboxylic acids is 1. The Labute approximate surface area is 170 Å². The molecule has 0 aromatic heterocycles. The van der Waals surface area contributed by atoms with Crippen LogP contribution in [0.25, 0.3) is 11.1 Å². The molecule has 0 N–H and O–H groups in total. The smallest absolute Gasteiger partial charge is 0.414 e. The molecule has 3 aromatic rings. The van der Waals surface area contributed by atoms with Crippen molar-refractivity contribution in [1.82, 2.24) is 0 Å². The van der Waals surface area contributed by atoms with Gasteiger partial charge >= 0.3 is 6.09 Å². The van der Waals surface area contributed by atoms with Crippen LogP contribution in [0, 0.1) is 0 Å². The van der Waals surface area contributed by atoms with Crippen LogP contribution in [0.2, 0.25) is 0 Å². The monoisotopic (exact) mass is 389 g/mol. The van der Waals surface area contributed by atoms with Crippen molar-refractivity contribution in [2.75, 3.05) is 26.2 Å². The highest BCUT2D eigenvalue weighted by molar-refractivity contribution is 5.88. The zero-order valence-corrected chi connectivity index (χ0v) is 16.7. The van der Waals surface area contributed by atoms with E-state index < -0.39 is 18.5 Å². The standard InChI is InChI=1S/C24H23NO4/c1-25(17-14-12-16(13-15-17)23(27-2)28-3)24(26)29-22-20-10-6-4-8-18(20)19-9-5-7-11-21(19)22/h4-15,22-23H,1-3H3. The Kier molecular flexibility index (Phi) is 5.34. The third-order valence-electron chi connectivity index (χ3n) is 5.25. The zero-order chi connectivity index (χ0) is 20.4. The summed E-state index contributed by atoms with van der Waals surface area (Å²) < 4.78 is 16.5. The molecule has 1 aliphatic rings. The zero-order valence-electron chi connectivity index (χ0n) is 16.7. The van der Waals surface area contributed by atoms with Gasteiger partial charge in [-0.1, -0.05) is 60.7 Å². The normalized spacial score (nSPS) is 12.6. The number of amides is 1. The maximum atomic E-state index is 12.9. The molecular formula is C24H23NO4. The van der Waals surface area contributed by atoms with E-state index in [2.05, 4.69) is 12.1 Å². The second kappa shape index (κ2) is 8.07. The largest absolute Gasteiger partial charge is 0.436 e. The van der Waals surface area contributed by atoms with Gasteiger partial charge in [0.05, 0.1) is 0 Å². The topological polar surface area (TPSA) is 48.0 Å². The van der Waals surface area contributed by atoms with Gasteiger partial charge in [0, 0.05) is 43.6 Å². The van der Waals surface area contributed by atoms with E-state index in [1.807, 2.05) is 60.7 Å². The lowest BCUT2D eigenvalue weighted by atomic mass is 10.1. The fraction of sp³-hybridized carbons (Fsp3) is 0.208. The summed E-state index contributed by atoms with van der Waals surface area (Å²) in [4.78, 5) is 14.4. The molecule has 29 heavy (non-hydrogen) atoms. The Bertz CT molecular complexity index is 966. The first-order chi connectivity index (χ1) is 14.1. The van der Waals surface area contributed by atoms with Crippen LogP contribution in [0.1, 0.15) is 29.1 Å². The van der Waals surface area contributed by atoms with Crippen LogP contribution in [0.5, 0.6) is 0 Å². The van der Waals surface area contributed by atoms with E-state index in [4.69, 9.17) is 14.2 Å². The minimum Gasteiger partial charge on any atom is -0.436 e. The van der Waals surface area contributed by atoms with Crippen molar-refractivity contribution in [3.05, 3.63) is 89.5 Å². The van der Waals surface area contributed by atoms with Gasteiger partial charge in [-0.05, 0) is 23.3 Å². The number of anilines is 1. The van der Waals surface area contributed by atoms with Crippen molar-refractivity contribution in [3.63, 3.8) is 0 Å². The van der Waals surface area contributed by atoms with E-state index in [-0.39, 0.29) is 0 Å². The summed E-state index contributed by atoms with van der Waals surface area (Å²) in [7, 11) is 4.87. The van der Waals surface area contributed by atoms with Crippen LogP contribution in [0.4, 0.5) is 10.5 Å². The Balaban J connectivity index is 1.55. The molecule has 148 valence electrons. The molecule has 3 aromatic carbocycles. The minimum atomic E-state index is -0.437. The van der Waals surface area contributed by atoms with Crippen molar-refractivity contribution >= 4 is 11.8 Å². The lowest BCUT2D eigenvalue weighted by Gasteiger charge is -2.22. The highest BCUT2D eigenvalue weighted by Gasteiger charge is 2.32. The second-order valence-electron chi connectivity index (χ2n) is 6.89. The maximum absolute atomic E-state index is 12.9. The Morgan fingerprint density at radius 1 is 0.828 bits per heavy atom. The first-order valence-corrected chi connectivity index (χ1v) is 9.42. The average molecular weight is 389 g/mol. The van der Waals surface area contributed by atoms with Crippen molar-refractivity contribution < 1.29 is 19.0 Å². The van der Waals surface area contributed by atoms with E-state index >= 15 is 0 Å². The first-order valence-electron chi connectivity index (χ1n) is 9.42. The summed E-state index contributed by atoms with van der Waals surface area (Å²) in [5.74, 6) is 0. The number of carbonyl (C=O) groups is 1. The lowest BCUT2D eigenvalue weighted by molar-refractivity contribution is -0.106. The molecule has 0 unspecified atom stereocenters. The number of nitrogens with zero attached hydrogens (tertiary/aromatic N) is 1. The fourth-order valence-electron chi connectivity index (χ4n) is 3.75. The van der Waals surface area contributed by atoms with Gasteiger partial charge < -0.3 is 14.2 Å². The third-order valence-corrected chi connectivity index (χ3v) is 5.25. The number of rotatable bonds is 5. The van der Waals surface area contributed by atoms with E-state index in [1.54, 1.807) is 21.3 Å². The molecule has 0 aliphatic heterocycles. The quantitative estimate of drug-likeness (QED) is 0.554. The summed E-state index contributed by atoms with van der Waals surface area (Å²) in [5, 5.41) is 0. The van der Waals surface area contributed by atoms with Crippen LogP contribution < -0.4 is 4.90 Å². The van der Waals surface area contributed by atoms with Crippen LogP contribution in [-0.2, 0) is 14.2 Å². The van der Waals surface area contributed by atoms with Crippen LogP contribution in [0.15, 0.2) is 72.8 Å². The molecule has 5 heteroatoms. The summed E-state index contributed by atoms with van der Waals surface area (Å²) >= 11 is 0. The lowest BCUT2D eigenvalue weighted by Crippen LogP contribution is -2.28. The number of hydrogen-bond donors (Lipinski definition) is 0. The highest BCUT2D eigenvalue weighted by Crippen LogP contribution is 2.45. The van der Waals surface area contributed by atoms with Crippen molar-refractivity contribution in [3.8, 4) is 11.1 Å². The molecule has 0 fully saturated rings. The number of fused-ring (bicyclic) bond motifs is 3. The van der Waals surface area contributed by atoms with Crippen molar-refractivity contribution in [2.45, 2.75) is 12.4 Å². The van der Waals surface area contributed by atoms with E-state index in [1.165, 1.54) is 4.90 Å². The predicted octanol–water partition coefficient (Wildman–Crippen LogP) is 5.32. The molecule has 5 nitrogen and oxygen atoms in total. The Hall–Kier alpha value is -3.15. The molecule has 0 spiro atoms. The van der Waals surface area contributed by atoms with E-state index in [0.29, 0.717) is 0 Å². The summed E-state index contributed by atoms with van der Waals surface area (Å²) in [5.41, 5.74) is 5.84. The Morgan fingerprint density at radius 3 is 1.86 bits per heavy atom. The van der Waals surface area contributed by atoms with E-state index in [9.17, 15) is 4.79 Å². The minimum absolute atomic E-state index is 0.413. The number of benzene rings is 3. The van der Waals surface area contributed by atoms with Crippen molar-refractivity contribution in [2.24, 2.45) is 0 Å². The molecule has 0 saturated heterocycles. The first kappa shape index (κ1) is 19.2. The molecule has 0 bridgehead atoms. The van der Waals surface area contributed by atoms with Gasteiger partial charge in [-0.3, -0.25) is 4.90 Å². The van der Waals surface area contributed by atoms with Gasteiger partial charge in [0.15, 0.2) is 12.4 Å². The second-order valence-corrected chi connectivity index (χ2v) is 6.89. The van der Waals surface area contributed by atoms with Crippen LogP contribution >= 0.6 is 0 Å². The molecule has 0 saturated carbocycles. The molecule has 1 aliphatic carbocycles. The summed E-state index contributed by atoms with van der Waals surface area (Å²) in [6.07, 6.45) is -1.26. The highest BCUT2D eigenvalue weighted by atomic mass is 16.7. The SMILES string of the molecule is COC(OC)c1ccc(N(C)C(=O)OC2c3ccccc3-c3ccccc32)cc1. The third kappa shape index (κ3) is 3.50. The van der Waals surface area contributed by atoms with Crippen LogP contribution in [-0.4, -0.2) is 27.4 Å². The van der Waals surface area contributed by atoms with Gasteiger partial charge in [0.25, 0.3) is 0 Å². The van der Waals surface area contributed by atoms with Gasteiger partial charge in [-0.25, -0.2) is 4.79 Å². The Morgan fingerprint density at radius 2 is 1.34 bits per heavy atom. The molecule has 1 amide bonds. The number of methoxy groups -OCH3 is 2. The average Bonchev–Trinajstić information content (AvgIpc) is 3.08. The van der Waals surface area contributed by atoms with Gasteiger partial charge in [-0.15, -0.1) is 0 Å². The van der Waals surface area contributed by atoms with E-state index in [0.717, 1.165) is 33.5 Å². The molecule has 4 rings (SSSR count). The summed E-state index contributed by atoms with van der Waals surface area (Å²) in [6.45, 7) is 0. The molecule has 0 radical (unpaired) electrons. The molecular weight excluding hydrogens is 366 g/mol. The van der Waals surface area contributed by atoms with Gasteiger partial charge in [0.2, 0.25) is 0 Å². The van der Waals surface area contributed by atoms with Gasteiger partial charge in [0.1, 0.15) is 0 Å². The molecule has 0 heterocycles. The van der Waals surface area contributed by atoms with Gasteiger partial charge in [-0.2, -0.15) is 0 Å².